The number of ether oxygens (including phenoxy) is 4. The summed E-state index contributed by atoms with van der Waals surface area (Å²) in [6.07, 6.45) is 2.34. The minimum absolute atomic E-state index is 0.00526. The average Bonchev–Trinajstić information content (AvgIpc) is 2.98. The summed E-state index contributed by atoms with van der Waals surface area (Å²) >= 11 is 0. The number of halogens is 5. The molecule has 1 saturated heterocycles. The largest absolute Gasteiger partial charge is 0.459 e. The number of hydrogen-bond donors (Lipinski definition) is 0. The van der Waals surface area contributed by atoms with E-state index >= 15 is 0 Å². The van der Waals surface area contributed by atoms with Gasteiger partial charge in [0, 0.05) is 11.5 Å². The zero-order valence-corrected chi connectivity index (χ0v) is 23.5. The van der Waals surface area contributed by atoms with Crippen molar-refractivity contribution in [2.75, 3.05) is 13.2 Å². The highest BCUT2D eigenvalue weighted by atomic mass is 19.3. The number of hydrogen-bond acceptors (Lipinski definition) is 4. The molecule has 0 aromatic heterocycles. The summed E-state index contributed by atoms with van der Waals surface area (Å²) < 4.78 is 89.9. The van der Waals surface area contributed by atoms with Gasteiger partial charge in [0.15, 0.2) is 12.6 Å². The number of benzene rings is 3. The fraction of sp³-hybridized carbons (Fsp3) is 0.394. The maximum absolute atomic E-state index is 14.8. The normalized spacial score (nSPS) is 17.1. The van der Waals surface area contributed by atoms with Crippen molar-refractivity contribution in [1.29, 1.82) is 0 Å². The number of unbranched alkanes of at least 4 members (excludes halogenated alkanes) is 5. The van der Waals surface area contributed by atoms with Gasteiger partial charge in [0.25, 0.3) is 0 Å². The van der Waals surface area contributed by atoms with Crippen molar-refractivity contribution >= 4 is 0 Å². The second-order valence-corrected chi connectivity index (χ2v) is 10.4. The first kappa shape index (κ1) is 31.5. The molecule has 0 saturated carbocycles. The van der Waals surface area contributed by atoms with Crippen LogP contribution in [-0.4, -0.2) is 13.2 Å². The van der Waals surface area contributed by atoms with Crippen LogP contribution in [0.25, 0.3) is 11.1 Å². The molecule has 9 heteroatoms. The quantitative estimate of drug-likeness (QED) is 0.106. The Kier molecular flexibility index (Phi) is 11.4. The molecule has 0 bridgehead atoms. The Labute approximate surface area is 243 Å². The lowest BCUT2D eigenvalue weighted by Crippen LogP contribution is -2.27. The lowest BCUT2D eigenvalue weighted by molar-refractivity contribution is -0.206. The van der Waals surface area contributed by atoms with Crippen molar-refractivity contribution in [3.05, 3.63) is 96.0 Å². The highest BCUT2D eigenvalue weighted by Crippen LogP contribution is 2.36. The van der Waals surface area contributed by atoms with Crippen LogP contribution in [0.1, 0.15) is 69.3 Å². The molecular formula is C33H35F5O4. The second kappa shape index (κ2) is 15.2. The minimum atomic E-state index is -3.98. The van der Waals surface area contributed by atoms with Crippen LogP contribution in [0, 0.1) is 11.7 Å². The molecule has 0 amide bonds. The first-order valence-corrected chi connectivity index (χ1v) is 14.2. The van der Waals surface area contributed by atoms with Crippen LogP contribution in [0.3, 0.4) is 0 Å². The highest BCUT2D eigenvalue weighted by molar-refractivity contribution is 5.64. The highest BCUT2D eigenvalue weighted by Gasteiger charge is 2.37. The Morgan fingerprint density at radius 2 is 1.45 bits per heavy atom. The predicted molar refractivity (Wildman–Crippen MR) is 150 cm³/mol. The molecule has 226 valence electrons. The lowest BCUT2D eigenvalue weighted by atomic mass is 10.00. The molecule has 0 radical (unpaired) electrons. The van der Waals surface area contributed by atoms with Crippen LogP contribution in [0.15, 0.2) is 79.1 Å². The molecule has 1 aliphatic heterocycles. The van der Waals surface area contributed by atoms with E-state index in [0.29, 0.717) is 30.3 Å². The first-order chi connectivity index (χ1) is 20.2. The summed E-state index contributed by atoms with van der Waals surface area (Å²) in [5.74, 6) is -1.05. The Morgan fingerprint density at radius 1 is 0.833 bits per heavy atom. The van der Waals surface area contributed by atoms with Crippen molar-refractivity contribution < 1.29 is 40.9 Å². The smallest absolute Gasteiger partial charge is 0.429 e. The molecule has 3 aromatic rings. The fourth-order valence-corrected chi connectivity index (χ4v) is 4.78. The molecule has 0 N–H and O–H groups in total. The molecule has 4 nitrogen and oxygen atoms in total. The summed E-state index contributed by atoms with van der Waals surface area (Å²) in [7, 11) is 0. The molecule has 42 heavy (non-hydrogen) atoms. The molecule has 3 aromatic carbocycles. The van der Waals surface area contributed by atoms with Crippen LogP contribution in [0.2, 0.25) is 0 Å². The Bertz CT molecular complexity index is 1280. The van der Waals surface area contributed by atoms with Gasteiger partial charge in [0.1, 0.15) is 17.3 Å². The summed E-state index contributed by atoms with van der Waals surface area (Å²) in [6.45, 7) is 3.49. The predicted octanol–water partition coefficient (Wildman–Crippen LogP) is 10.1. The van der Waals surface area contributed by atoms with E-state index in [1.54, 1.807) is 12.1 Å². The van der Waals surface area contributed by atoms with Gasteiger partial charge in [0.2, 0.25) is 0 Å². The third-order valence-electron chi connectivity index (χ3n) is 7.09. The topological polar surface area (TPSA) is 36.9 Å². The summed E-state index contributed by atoms with van der Waals surface area (Å²) in [6, 6.07) is 15.1. The van der Waals surface area contributed by atoms with E-state index in [2.05, 4.69) is 11.7 Å². The molecule has 1 heterocycles. The van der Waals surface area contributed by atoms with Gasteiger partial charge in [-0.1, -0.05) is 75.8 Å². The van der Waals surface area contributed by atoms with Crippen molar-refractivity contribution in [2.45, 2.75) is 64.3 Å². The second-order valence-electron chi connectivity index (χ2n) is 10.4. The zero-order chi connectivity index (χ0) is 30.0. The fourth-order valence-electron chi connectivity index (χ4n) is 4.78. The van der Waals surface area contributed by atoms with Gasteiger partial charge in [-0.2, -0.15) is 17.6 Å². The number of alkyl halides is 2. The molecule has 0 aliphatic carbocycles. The lowest BCUT2D eigenvalue weighted by Gasteiger charge is -2.29. The van der Waals surface area contributed by atoms with Crippen LogP contribution < -0.4 is 9.47 Å². The molecule has 4 rings (SSSR count). The van der Waals surface area contributed by atoms with Gasteiger partial charge in [-0.25, -0.2) is 4.39 Å². The van der Waals surface area contributed by atoms with E-state index in [1.807, 2.05) is 12.1 Å². The molecule has 1 aliphatic rings. The van der Waals surface area contributed by atoms with E-state index in [1.165, 1.54) is 56.7 Å². The maximum atomic E-state index is 14.8. The standard InChI is InChI=1S/C33H35F5O4/c1-2-3-4-5-6-7-8-23-20-40-32(41-21-23)25-11-9-24(10-12-25)26-13-18-29(30(34)19-26)33(37,38)42-28-16-14-27(15-17-28)39-22-31(35)36/h9-19,22-23,32H,2-8,20-21H2,1H3. The van der Waals surface area contributed by atoms with Crippen LogP contribution >= 0.6 is 0 Å². The van der Waals surface area contributed by atoms with E-state index < -0.39 is 29.9 Å². The van der Waals surface area contributed by atoms with E-state index in [9.17, 15) is 22.0 Å². The third kappa shape index (κ3) is 9.03. The van der Waals surface area contributed by atoms with Gasteiger partial charge >= 0.3 is 12.2 Å². The Balaban J connectivity index is 1.31. The first-order valence-electron chi connectivity index (χ1n) is 14.2. The van der Waals surface area contributed by atoms with Gasteiger partial charge in [0.05, 0.1) is 18.8 Å². The average molecular weight is 591 g/mol. The minimum Gasteiger partial charge on any atom is -0.459 e. The maximum Gasteiger partial charge on any atom is 0.429 e. The van der Waals surface area contributed by atoms with Crippen molar-refractivity contribution in [3.63, 3.8) is 0 Å². The van der Waals surface area contributed by atoms with Gasteiger partial charge < -0.3 is 18.9 Å². The summed E-state index contributed by atoms with van der Waals surface area (Å²) in [5.41, 5.74) is 0.943. The molecule has 0 atom stereocenters. The summed E-state index contributed by atoms with van der Waals surface area (Å²) in [4.78, 5) is 0. The van der Waals surface area contributed by atoms with Gasteiger partial charge in [-0.3, -0.25) is 0 Å². The van der Waals surface area contributed by atoms with Gasteiger partial charge in [-0.15, -0.1) is 0 Å². The van der Waals surface area contributed by atoms with E-state index in [4.69, 9.17) is 14.2 Å². The molecule has 0 unspecified atom stereocenters. The zero-order valence-electron chi connectivity index (χ0n) is 23.5. The Morgan fingerprint density at radius 3 is 2.10 bits per heavy atom. The number of rotatable bonds is 14. The van der Waals surface area contributed by atoms with Gasteiger partial charge in [-0.05, 0) is 53.9 Å². The Hall–Kier alpha value is -3.43. The van der Waals surface area contributed by atoms with Crippen LogP contribution in [0.4, 0.5) is 22.0 Å². The monoisotopic (exact) mass is 590 g/mol. The van der Waals surface area contributed by atoms with E-state index in [-0.39, 0.29) is 17.8 Å². The van der Waals surface area contributed by atoms with Crippen molar-refractivity contribution in [2.24, 2.45) is 5.92 Å². The molecule has 1 fully saturated rings. The third-order valence-corrected chi connectivity index (χ3v) is 7.09. The molecular weight excluding hydrogens is 555 g/mol. The van der Waals surface area contributed by atoms with Crippen molar-refractivity contribution in [1.82, 2.24) is 0 Å². The van der Waals surface area contributed by atoms with Crippen LogP contribution in [0.5, 0.6) is 11.5 Å². The van der Waals surface area contributed by atoms with Crippen LogP contribution in [-0.2, 0) is 15.6 Å². The molecule has 0 spiro atoms. The van der Waals surface area contributed by atoms with Crippen molar-refractivity contribution in [3.8, 4) is 22.6 Å². The van der Waals surface area contributed by atoms with E-state index in [0.717, 1.165) is 36.2 Å². The SMILES string of the molecule is CCCCCCCCC1COC(c2ccc(-c3ccc(C(F)(F)Oc4ccc(OC=C(F)F)cc4)c(F)c3)cc2)OC1. The summed E-state index contributed by atoms with van der Waals surface area (Å²) in [5, 5.41) is 0.